The standard InChI is InChI=1S/C32H28N8O/c33-18-30-35-15-11-29(37-30)36-25-12-16-39(17-13-25)20-22-6-8-24(9-7-22)32-31(23-4-2-1-3-5-23)27-21-41-28-10-14-34-19-26(28)40(27)38-32/h1-11,14-15,19,25H,12-13,16-17,20-21H2,(H,35,36,37). The maximum atomic E-state index is 9.04. The number of nitriles is 1. The van der Waals surface area contributed by atoms with Crippen molar-refractivity contribution in [2.75, 3.05) is 18.4 Å². The number of anilines is 1. The van der Waals surface area contributed by atoms with E-state index in [1.165, 1.54) is 5.56 Å². The van der Waals surface area contributed by atoms with Crippen LogP contribution in [0.4, 0.5) is 5.82 Å². The second-order valence-electron chi connectivity index (χ2n) is 10.3. The summed E-state index contributed by atoms with van der Waals surface area (Å²) in [5.74, 6) is 1.70. The van der Waals surface area contributed by atoms with Gasteiger partial charge in [0.05, 0.1) is 11.9 Å². The van der Waals surface area contributed by atoms with Crippen molar-refractivity contribution in [3.63, 3.8) is 0 Å². The fourth-order valence-corrected chi connectivity index (χ4v) is 5.66. The molecule has 7 rings (SSSR count). The van der Waals surface area contributed by atoms with E-state index in [0.717, 1.165) is 72.0 Å². The first-order valence-electron chi connectivity index (χ1n) is 13.8. The van der Waals surface area contributed by atoms with Crippen LogP contribution >= 0.6 is 0 Å². The molecule has 0 radical (unpaired) electrons. The first-order valence-corrected chi connectivity index (χ1v) is 13.8. The highest BCUT2D eigenvalue weighted by atomic mass is 16.5. The molecule has 1 fully saturated rings. The number of hydrogen-bond donors (Lipinski definition) is 1. The third kappa shape index (κ3) is 5.01. The molecule has 2 aliphatic heterocycles. The number of likely N-dealkylation sites (tertiary alicyclic amines) is 1. The monoisotopic (exact) mass is 540 g/mol. The van der Waals surface area contributed by atoms with Crippen LogP contribution in [0.15, 0.2) is 85.3 Å². The average Bonchev–Trinajstić information content (AvgIpc) is 3.43. The molecule has 5 aromatic rings. The lowest BCUT2D eigenvalue weighted by molar-refractivity contribution is 0.211. The molecular formula is C32H28N8O. The molecule has 0 saturated carbocycles. The minimum atomic E-state index is 0.192. The summed E-state index contributed by atoms with van der Waals surface area (Å²) in [6.07, 6.45) is 7.21. The molecule has 202 valence electrons. The molecule has 1 N–H and O–H groups in total. The number of piperidine rings is 1. The van der Waals surface area contributed by atoms with Crippen molar-refractivity contribution in [1.29, 1.82) is 5.26 Å². The molecule has 1 saturated heterocycles. The van der Waals surface area contributed by atoms with Gasteiger partial charge in [0.25, 0.3) is 0 Å². The van der Waals surface area contributed by atoms with Crippen molar-refractivity contribution in [3.05, 3.63) is 102 Å². The molecule has 3 aromatic heterocycles. The van der Waals surface area contributed by atoms with E-state index in [4.69, 9.17) is 15.1 Å². The molecule has 0 bridgehead atoms. The van der Waals surface area contributed by atoms with Gasteiger partial charge < -0.3 is 10.1 Å². The zero-order valence-electron chi connectivity index (χ0n) is 22.4. The minimum Gasteiger partial charge on any atom is -0.485 e. The molecule has 5 heterocycles. The summed E-state index contributed by atoms with van der Waals surface area (Å²) in [6, 6.07) is 25.2. The maximum absolute atomic E-state index is 9.04. The number of rotatable bonds is 6. The molecule has 2 aromatic carbocycles. The van der Waals surface area contributed by atoms with Crippen LogP contribution in [-0.2, 0) is 13.2 Å². The van der Waals surface area contributed by atoms with Gasteiger partial charge in [-0.15, -0.1) is 0 Å². The SMILES string of the molecule is N#Cc1nccc(NC2CCN(Cc3ccc(-c4nn5c(c4-c4ccccc4)COc4ccncc4-5)cc3)CC2)n1. The van der Waals surface area contributed by atoms with Crippen LogP contribution in [0.5, 0.6) is 5.75 Å². The smallest absolute Gasteiger partial charge is 0.234 e. The van der Waals surface area contributed by atoms with Crippen LogP contribution in [0.3, 0.4) is 0 Å². The summed E-state index contributed by atoms with van der Waals surface area (Å²) in [5, 5.41) is 17.6. The van der Waals surface area contributed by atoms with E-state index in [1.807, 2.05) is 35.1 Å². The van der Waals surface area contributed by atoms with E-state index in [0.29, 0.717) is 18.5 Å². The Bertz CT molecular complexity index is 1720. The lowest BCUT2D eigenvalue weighted by atomic mass is 9.98. The van der Waals surface area contributed by atoms with Crippen LogP contribution < -0.4 is 10.1 Å². The normalized spacial score (nSPS) is 14.9. The fourth-order valence-electron chi connectivity index (χ4n) is 5.66. The van der Waals surface area contributed by atoms with Crippen molar-refractivity contribution >= 4 is 5.82 Å². The summed E-state index contributed by atoms with van der Waals surface area (Å²) < 4.78 is 8.07. The highest BCUT2D eigenvalue weighted by Gasteiger charge is 2.27. The molecule has 2 aliphatic rings. The molecule has 0 spiro atoms. The second-order valence-corrected chi connectivity index (χ2v) is 10.3. The van der Waals surface area contributed by atoms with E-state index in [9.17, 15) is 0 Å². The van der Waals surface area contributed by atoms with Crippen LogP contribution in [0, 0.1) is 11.3 Å². The van der Waals surface area contributed by atoms with Gasteiger partial charge in [-0.05, 0) is 30.0 Å². The van der Waals surface area contributed by atoms with Crippen molar-refractivity contribution < 1.29 is 4.74 Å². The van der Waals surface area contributed by atoms with Crippen LogP contribution in [0.2, 0.25) is 0 Å². The number of nitrogens with zero attached hydrogens (tertiary/aromatic N) is 7. The average molecular weight is 541 g/mol. The lowest BCUT2D eigenvalue weighted by Crippen LogP contribution is -2.38. The van der Waals surface area contributed by atoms with Gasteiger partial charge in [0, 0.05) is 55.3 Å². The molecular weight excluding hydrogens is 512 g/mol. The summed E-state index contributed by atoms with van der Waals surface area (Å²) in [6.45, 7) is 3.34. The summed E-state index contributed by atoms with van der Waals surface area (Å²) >= 11 is 0. The van der Waals surface area contributed by atoms with Gasteiger partial charge in [-0.1, -0.05) is 54.6 Å². The Balaban J connectivity index is 1.08. The zero-order valence-corrected chi connectivity index (χ0v) is 22.4. The van der Waals surface area contributed by atoms with Gasteiger partial charge in [-0.25, -0.2) is 14.6 Å². The predicted octanol–water partition coefficient (Wildman–Crippen LogP) is 5.23. The number of ether oxygens (including phenoxy) is 1. The molecule has 0 aliphatic carbocycles. The number of fused-ring (bicyclic) bond motifs is 3. The Labute approximate surface area is 238 Å². The number of aromatic nitrogens is 5. The molecule has 9 nitrogen and oxygen atoms in total. The molecule has 9 heteroatoms. The van der Waals surface area contributed by atoms with Crippen LogP contribution in [-0.4, -0.2) is 48.8 Å². The Morgan fingerprint density at radius 2 is 1.78 bits per heavy atom. The second kappa shape index (κ2) is 10.8. The van der Waals surface area contributed by atoms with Gasteiger partial charge in [0.1, 0.15) is 35.6 Å². The maximum Gasteiger partial charge on any atom is 0.234 e. The van der Waals surface area contributed by atoms with E-state index in [-0.39, 0.29) is 5.82 Å². The Hall–Kier alpha value is -5.07. The van der Waals surface area contributed by atoms with Crippen molar-refractivity contribution in [1.82, 2.24) is 29.6 Å². The predicted molar refractivity (Wildman–Crippen MR) is 155 cm³/mol. The summed E-state index contributed by atoms with van der Waals surface area (Å²) in [4.78, 5) is 15.0. The molecule has 0 amide bonds. The first-order chi connectivity index (χ1) is 20.2. The first kappa shape index (κ1) is 24.9. The number of nitrogens with one attached hydrogen (secondary N) is 1. The topological polar surface area (TPSA) is 105 Å². The third-order valence-corrected chi connectivity index (χ3v) is 7.73. The van der Waals surface area contributed by atoms with Crippen LogP contribution in [0.25, 0.3) is 28.1 Å². The van der Waals surface area contributed by atoms with Gasteiger partial charge >= 0.3 is 0 Å². The van der Waals surface area contributed by atoms with Crippen molar-refractivity contribution in [3.8, 4) is 39.9 Å². The fraction of sp³-hybridized carbons (Fsp3) is 0.219. The van der Waals surface area contributed by atoms with Crippen molar-refractivity contribution in [2.45, 2.75) is 32.0 Å². The summed E-state index contributed by atoms with van der Waals surface area (Å²) in [7, 11) is 0. The Kier molecular flexibility index (Phi) is 6.59. The van der Waals surface area contributed by atoms with E-state index >= 15 is 0 Å². The molecule has 0 unspecified atom stereocenters. The highest BCUT2D eigenvalue weighted by Crippen LogP contribution is 2.40. The summed E-state index contributed by atoms with van der Waals surface area (Å²) in [5.41, 5.74) is 7.38. The quantitative estimate of drug-likeness (QED) is 0.312. The number of hydrogen-bond acceptors (Lipinski definition) is 8. The van der Waals surface area contributed by atoms with Gasteiger partial charge in [-0.2, -0.15) is 10.4 Å². The van der Waals surface area contributed by atoms with E-state index in [2.05, 4.69) is 73.7 Å². The third-order valence-electron chi connectivity index (χ3n) is 7.73. The highest BCUT2D eigenvalue weighted by molar-refractivity contribution is 5.83. The van der Waals surface area contributed by atoms with Gasteiger partial charge in [0.15, 0.2) is 0 Å². The molecule has 0 atom stereocenters. The Morgan fingerprint density at radius 3 is 2.59 bits per heavy atom. The van der Waals surface area contributed by atoms with Crippen molar-refractivity contribution in [2.24, 2.45) is 0 Å². The minimum absolute atomic E-state index is 0.192. The van der Waals surface area contributed by atoms with Crippen LogP contribution in [0.1, 0.15) is 29.9 Å². The van der Waals surface area contributed by atoms with Gasteiger partial charge in [0.2, 0.25) is 5.82 Å². The van der Waals surface area contributed by atoms with E-state index < -0.39 is 0 Å². The Morgan fingerprint density at radius 1 is 0.951 bits per heavy atom. The van der Waals surface area contributed by atoms with Gasteiger partial charge in [-0.3, -0.25) is 9.88 Å². The lowest BCUT2D eigenvalue weighted by Gasteiger charge is -2.32. The zero-order chi connectivity index (χ0) is 27.6. The number of pyridine rings is 1. The number of benzene rings is 2. The molecule has 41 heavy (non-hydrogen) atoms. The van der Waals surface area contributed by atoms with E-state index in [1.54, 1.807) is 12.4 Å². The largest absolute Gasteiger partial charge is 0.485 e.